The van der Waals surface area contributed by atoms with Crippen molar-refractivity contribution in [3.8, 4) is 5.75 Å². The van der Waals surface area contributed by atoms with Crippen molar-refractivity contribution in [2.24, 2.45) is 0 Å². The van der Waals surface area contributed by atoms with Gasteiger partial charge >= 0.3 is 0 Å². The minimum absolute atomic E-state index is 0.0214. The molecule has 2 unspecified atom stereocenters. The molecule has 0 radical (unpaired) electrons. The first-order valence-electron chi connectivity index (χ1n) is 6.31. The van der Waals surface area contributed by atoms with Crippen molar-refractivity contribution in [1.29, 1.82) is 0 Å². The highest BCUT2D eigenvalue weighted by atomic mass is 35.5. The van der Waals surface area contributed by atoms with E-state index in [1.807, 2.05) is 6.92 Å². The average molecular weight is 284 g/mol. The Labute approximate surface area is 117 Å². The van der Waals surface area contributed by atoms with E-state index < -0.39 is 0 Å². The lowest BCUT2D eigenvalue weighted by Gasteiger charge is -2.37. The van der Waals surface area contributed by atoms with Gasteiger partial charge in [-0.2, -0.15) is 0 Å². The van der Waals surface area contributed by atoms with Gasteiger partial charge in [0.1, 0.15) is 5.75 Å². The second-order valence-electron chi connectivity index (χ2n) is 4.89. The normalized spacial score (nSPS) is 23.4. The Morgan fingerprint density at radius 3 is 3.00 bits per heavy atom. The summed E-state index contributed by atoms with van der Waals surface area (Å²) in [5, 5.41) is 10.0. The van der Waals surface area contributed by atoms with Crippen LogP contribution in [0.15, 0.2) is 18.2 Å². The second-order valence-corrected chi connectivity index (χ2v) is 5.20. The number of hydrogen-bond acceptors (Lipinski definition) is 3. The summed E-state index contributed by atoms with van der Waals surface area (Å²) in [4.78, 5) is 14.2. The molecule has 1 aromatic carbocycles. The van der Waals surface area contributed by atoms with E-state index in [9.17, 15) is 9.90 Å². The van der Waals surface area contributed by atoms with Crippen LogP contribution in [0, 0.1) is 6.92 Å². The summed E-state index contributed by atoms with van der Waals surface area (Å²) in [6, 6.07) is 5.16. The molecule has 1 N–H and O–H groups in total. The first-order chi connectivity index (χ1) is 9.04. The SMILES string of the molecule is Cc1cccc(C(=O)N2CC(CCl)OCC2C)c1O. The lowest BCUT2D eigenvalue weighted by atomic mass is 10.1. The van der Waals surface area contributed by atoms with E-state index in [1.165, 1.54) is 0 Å². The van der Waals surface area contributed by atoms with Crippen LogP contribution < -0.4 is 0 Å². The number of ether oxygens (including phenoxy) is 1. The molecule has 0 bridgehead atoms. The number of alkyl halides is 1. The quantitative estimate of drug-likeness (QED) is 0.846. The molecule has 0 spiro atoms. The van der Waals surface area contributed by atoms with Gasteiger partial charge in [-0.05, 0) is 25.5 Å². The molecule has 1 aromatic rings. The van der Waals surface area contributed by atoms with Gasteiger partial charge in [-0.3, -0.25) is 4.79 Å². The number of carbonyl (C=O) groups is 1. The van der Waals surface area contributed by atoms with Crippen molar-refractivity contribution in [1.82, 2.24) is 4.90 Å². The summed E-state index contributed by atoms with van der Waals surface area (Å²) in [6.45, 7) is 4.62. The van der Waals surface area contributed by atoms with Crippen molar-refractivity contribution in [2.75, 3.05) is 19.0 Å². The van der Waals surface area contributed by atoms with Gasteiger partial charge in [-0.25, -0.2) is 0 Å². The number of rotatable bonds is 2. The summed E-state index contributed by atoms with van der Waals surface area (Å²) in [5.41, 5.74) is 1.03. The molecule has 1 saturated heterocycles. The molecule has 5 heteroatoms. The van der Waals surface area contributed by atoms with Gasteiger partial charge in [0.2, 0.25) is 0 Å². The van der Waals surface area contributed by atoms with Crippen molar-refractivity contribution in [2.45, 2.75) is 26.0 Å². The first-order valence-corrected chi connectivity index (χ1v) is 6.85. The fourth-order valence-corrected chi connectivity index (χ4v) is 2.37. The molecule has 1 aliphatic rings. The van der Waals surface area contributed by atoms with Crippen LogP contribution in [0.3, 0.4) is 0 Å². The average Bonchev–Trinajstić information content (AvgIpc) is 2.42. The Morgan fingerprint density at radius 2 is 2.32 bits per heavy atom. The third-order valence-electron chi connectivity index (χ3n) is 3.41. The molecule has 0 saturated carbocycles. The van der Waals surface area contributed by atoms with Crippen LogP contribution in [0.4, 0.5) is 0 Å². The lowest BCUT2D eigenvalue weighted by molar-refractivity contribution is -0.0372. The Morgan fingerprint density at radius 1 is 1.58 bits per heavy atom. The smallest absolute Gasteiger partial charge is 0.258 e. The van der Waals surface area contributed by atoms with Gasteiger partial charge in [0.25, 0.3) is 5.91 Å². The summed E-state index contributed by atoms with van der Waals surface area (Å²) < 4.78 is 5.52. The van der Waals surface area contributed by atoms with E-state index in [0.717, 1.165) is 0 Å². The van der Waals surface area contributed by atoms with Gasteiger partial charge in [0, 0.05) is 6.54 Å². The lowest BCUT2D eigenvalue weighted by Crippen LogP contribution is -2.51. The maximum absolute atomic E-state index is 12.5. The van der Waals surface area contributed by atoms with Gasteiger partial charge < -0.3 is 14.7 Å². The van der Waals surface area contributed by atoms with Crippen molar-refractivity contribution in [3.63, 3.8) is 0 Å². The zero-order chi connectivity index (χ0) is 14.0. The summed E-state index contributed by atoms with van der Waals surface area (Å²) in [6.07, 6.45) is -0.145. The standard InChI is InChI=1S/C14H18ClNO3/c1-9-4-3-5-12(13(9)17)14(18)16-7-11(6-15)19-8-10(16)2/h3-5,10-11,17H,6-8H2,1-2H3. The first kappa shape index (κ1) is 14.2. The van der Waals surface area contributed by atoms with Gasteiger partial charge in [-0.1, -0.05) is 12.1 Å². The summed E-state index contributed by atoms with van der Waals surface area (Å²) in [5.74, 6) is 0.233. The van der Waals surface area contributed by atoms with Crippen molar-refractivity contribution >= 4 is 17.5 Å². The topological polar surface area (TPSA) is 49.8 Å². The van der Waals surface area contributed by atoms with Crippen LogP contribution >= 0.6 is 11.6 Å². The minimum atomic E-state index is -0.174. The van der Waals surface area contributed by atoms with E-state index in [-0.39, 0.29) is 23.8 Å². The van der Waals surface area contributed by atoms with Crippen molar-refractivity contribution < 1.29 is 14.6 Å². The largest absolute Gasteiger partial charge is 0.507 e. The van der Waals surface area contributed by atoms with Crippen molar-refractivity contribution in [3.05, 3.63) is 29.3 Å². The van der Waals surface area contributed by atoms with Crippen LogP contribution in [-0.4, -0.2) is 47.1 Å². The van der Waals surface area contributed by atoms with Gasteiger partial charge in [-0.15, -0.1) is 11.6 Å². The van der Waals surface area contributed by atoms with E-state index in [0.29, 0.717) is 30.2 Å². The Hall–Kier alpha value is -1.26. The molecule has 1 aliphatic heterocycles. The highest BCUT2D eigenvalue weighted by molar-refractivity contribution is 6.18. The Kier molecular flexibility index (Phi) is 4.32. The summed E-state index contributed by atoms with van der Waals surface area (Å²) >= 11 is 5.79. The zero-order valence-corrected chi connectivity index (χ0v) is 11.9. The van der Waals surface area contributed by atoms with Crippen LogP contribution in [0.25, 0.3) is 0 Å². The molecule has 1 heterocycles. The molecular weight excluding hydrogens is 266 g/mol. The third-order valence-corrected chi connectivity index (χ3v) is 3.75. The van der Waals surface area contributed by atoms with Gasteiger partial charge in [0.05, 0.1) is 30.2 Å². The predicted molar refractivity (Wildman–Crippen MR) is 73.8 cm³/mol. The molecule has 104 valence electrons. The van der Waals surface area contributed by atoms with Crippen LogP contribution in [0.1, 0.15) is 22.8 Å². The number of morpholine rings is 1. The monoisotopic (exact) mass is 283 g/mol. The fraction of sp³-hybridized carbons (Fsp3) is 0.500. The maximum atomic E-state index is 12.5. The number of halogens is 1. The molecule has 0 aromatic heterocycles. The number of hydrogen-bond donors (Lipinski definition) is 1. The number of nitrogens with zero attached hydrogens (tertiary/aromatic N) is 1. The van der Waals surface area contributed by atoms with Crippen LogP contribution in [0.5, 0.6) is 5.75 Å². The van der Waals surface area contributed by atoms with Crippen LogP contribution in [0.2, 0.25) is 0 Å². The molecular formula is C14H18ClNO3. The number of aromatic hydroxyl groups is 1. The molecule has 19 heavy (non-hydrogen) atoms. The van der Waals surface area contributed by atoms with E-state index in [2.05, 4.69) is 0 Å². The minimum Gasteiger partial charge on any atom is -0.507 e. The molecule has 0 aliphatic carbocycles. The van der Waals surface area contributed by atoms with E-state index in [1.54, 1.807) is 30.0 Å². The molecule has 1 fully saturated rings. The number of aryl methyl sites for hydroxylation is 1. The zero-order valence-electron chi connectivity index (χ0n) is 11.1. The maximum Gasteiger partial charge on any atom is 0.258 e. The second kappa shape index (κ2) is 5.80. The molecule has 1 amide bonds. The highest BCUT2D eigenvalue weighted by Crippen LogP contribution is 2.25. The Balaban J connectivity index is 2.24. The fourth-order valence-electron chi connectivity index (χ4n) is 2.18. The van der Waals surface area contributed by atoms with Crippen LogP contribution in [-0.2, 0) is 4.74 Å². The molecule has 2 rings (SSSR count). The number of para-hydroxylation sites is 1. The van der Waals surface area contributed by atoms with Gasteiger partial charge in [0.15, 0.2) is 0 Å². The number of carbonyl (C=O) groups excluding carboxylic acids is 1. The van der Waals surface area contributed by atoms with E-state index >= 15 is 0 Å². The molecule has 4 nitrogen and oxygen atoms in total. The number of benzene rings is 1. The number of amides is 1. The highest BCUT2D eigenvalue weighted by Gasteiger charge is 2.31. The third kappa shape index (κ3) is 2.85. The number of phenols is 1. The molecule has 2 atom stereocenters. The predicted octanol–water partition coefficient (Wildman–Crippen LogP) is 2.17. The summed E-state index contributed by atoms with van der Waals surface area (Å²) in [7, 11) is 0. The Bertz CT molecular complexity index is 478. The number of phenolic OH excluding ortho intramolecular Hbond substituents is 1. The van der Waals surface area contributed by atoms with E-state index in [4.69, 9.17) is 16.3 Å².